The topological polar surface area (TPSA) is 59.5 Å². The van der Waals surface area contributed by atoms with Gasteiger partial charge in [0.05, 0.1) is 7.11 Å². The number of esters is 1. The van der Waals surface area contributed by atoms with Gasteiger partial charge in [-0.15, -0.1) is 0 Å². The van der Waals surface area contributed by atoms with Gasteiger partial charge < -0.3 is 4.74 Å². The van der Waals surface area contributed by atoms with E-state index in [2.05, 4.69) is 9.72 Å². The van der Waals surface area contributed by atoms with E-state index in [1.807, 2.05) is 6.07 Å². The average Bonchev–Trinajstić information content (AvgIpc) is 2.38. The lowest BCUT2D eigenvalue weighted by Gasteiger charge is -2.15. The molecule has 0 saturated carbocycles. The number of ether oxygens (including phenoxy) is 1. The van der Waals surface area contributed by atoms with Crippen LogP contribution < -0.4 is 4.90 Å². The van der Waals surface area contributed by atoms with Crippen molar-refractivity contribution < 1.29 is 14.3 Å². The Morgan fingerprint density at radius 1 is 1.35 bits per heavy atom. The van der Waals surface area contributed by atoms with Gasteiger partial charge in [-0.3, -0.25) is 14.5 Å². The van der Waals surface area contributed by atoms with E-state index in [0.29, 0.717) is 18.7 Å². The smallest absolute Gasteiger partial charge is 0.305 e. The molecule has 0 unspecified atom stereocenters. The zero-order valence-corrected chi connectivity index (χ0v) is 10.0. The number of methoxy groups -OCH3 is 1. The first-order valence-corrected chi connectivity index (χ1v) is 5.39. The first-order valence-electron chi connectivity index (χ1n) is 5.39. The van der Waals surface area contributed by atoms with Crippen molar-refractivity contribution >= 4 is 17.7 Å². The Hall–Kier alpha value is -1.91. The fourth-order valence-electron chi connectivity index (χ4n) is 1.33. The minimum Gasteiger partial charge on any atom is -0.469 e. The molecule has 0 aliphatic rings. The van der Waals surface area contributed by atoms with Crippen molar-refractivity contribution in [2.75, 3.05) is 19.1 Å². The summed E-state index contributed by atoms with van der Waals surface area (Å²) in [5.41, 5.74) is 0. The molecule has 1 aromatic rings. The van der Waals surface area contributed by atoms with Crippen LogP contribution in [-0.2, 0) is 14.3 Å². The summed E-state index contributed by atoms with van der Waals surface area (Å²) >= 11 is 0. The summed E-state index contributed by atoms with van der Waals surface area (Å²) in [7, 11) is 3.01. The van der Waals surface area contributed by atoms with Gasteiger partial charge in [0.2, 0.25) is 5.91 Å². The standard InChI is InChI=1S/C12H16N2O3/c1-14(10-6-3-4-9-13-10)11(15)7-5-8-12(16)17-2/h3-4,6,9H,5,7-8H2,1-2H3. The molecule has 0 N–H and O–H groups in total. The van der Waals surface area contributed by atoms with Crippen LogP contribution in [0.3, 0.4) is 0 Å². The van der Waals surface area contributed by atoms with Gasteiger partial charge in [0.25, 0.3) is 0 Å². The van der Waals surface area contributed by atoms with Crippen molar-refractivity contribution in [2.45, 2.75) is 19.3 Å². The van der Waals surface area contributed by atoms with E-state index in [1.54, 1.807) is 25.4 Å². The predicted octanol–water partition coefficient (Wildman–Crippen LogP) is 1.39. The maximum Gasteiger partial charge on any atom is 0.305 e. The number of pyridine rings is 1. The number of hydrogen-bond acceptors (Lipinski definition) is 4. The molecule has 0 spiro atoms. The van der Waals surface area contributed by atoms with Gasteiger partial charge in [-0.05, 0) is 18.6 Å². The molecule has 5 heteroatoms. The second-order valence-electron chi connectivity index (χ2n) is 3.57. The molecule has 1 heterocycles. The van der Waals surface area contributed by atoms with Gasteiger partial charge in [-0.2, -0.15) is 0 Å². The highest BCUT2D eigenvalue weighted by Crippen LogP contribution is 2.09. The number of anilines is 1. The fraction of sp³-hybridized carbons (Fsp3) is 0.417. The van der Waals surface area contributed by atoms with Crippen molar-refractivity contribution in [1.82, 2.24) is 4.98 Å². The number of aromatic nitrogens is 1. The maximum atomic E-state index is 11.7. The van der Waals surface area contributed by atoms with Crippen LogP contribution in [0.5, 0.6) is 0 Å². The van der Waals surface area contributed by atoms with E-state index in [4.69, 9.17) is 0 Å². The summed E-state index contributed by atoms with van der Waals surface area (Å²) in [6.45, 7) is 0. The van der Waals surface area contributed by atoms with Crippen LogP contribution in [-0.4, -0.2) is 31.0 Å². The van der Waals surface area contributed by atoms with Crippen LogP contribution >= 0.6 is 0 Å². The fourth-order valence-corrected chi connectivity index (χ4v) is 1.33. The molecule has 0 radical (unpaired) electrons. The van der Waals surface area contributed by atoms with Gasteiger partial charge in [0, 0.05) is 26.1 Å². The minimum absolute atomic E-state index is 0.0624. The van der Waals surface area contributed by atoms with E-state index >= 15 is 0 Å². The number of carbonyl (C=O) groups excluding carboxylic acids is 2. The molecular formula is C12H16N2O3. The largest absolute Gasteiger partial charge is 0.469 e. The summed E-state index contributed by atoms with van der Waals surface area (Å²) < 4.78 is 4.50. The molecule has 0 saturated heterocycles. The Bertz CT molecular complexity index is 379. The molecule has 0 atom stereocenters. The molecule has 5 nitrogen and oxygen atoms in total. The minimum atomic E-state index is -0.293. The van der Waals surface area contributed by atoms with Gasteiger partial charge in [-0.1, -0.05) is 6.07 Å². The quantitative estimate of drug-likeness (QED) is 0.725. The van der Waals surface area contributed by atoms with Crippen LogP contribution in [0.2, 0.25) is 0 Å². The van der Waals surface area contributed by atoms with Gasteiger partial charge >= 0.3 is 5.97 Å². The molecule has 1 rings (SSSR count). The molecule has 1 aromatic heterocycles. The van der Waals surface area contributed by atoms with Gasteiger partial charge in [-0.25, -0.2) is 4.98 Å². The molecule has 0 fully saturated rings. The lowest BCUT2D eigenvalue weighted by Crippen LogP contribution is -2.26. The van der Waals surface area contributed by atoms with Crippen LogP contribution in [0.1, 0.15) is 19.3 Å². The molecule has 1 amide bonds. The highest BCUT2D eigenvalue weighted by Gasteiger charge is 2.12. The van der Waals surface area contributed by atoms with E-state index in [1.165, 1.54) is 12.0 Å². The summed E-state index contributed by atoms with van der Waals surface area (Å²) in [5, 5.41) is 0. The third-order valence-corrected chi connectivity index (χ3v) is 2.37. The van der Waals surface area contributed by atoms with E-state index < -0.39 is 0 Å². The van der Waals surface area contributed by atoms with Crippen molar-refractivity contribution in [1.29, 1.82) is 0 Å². The van der Waals surface area contributed by atoms with E-state index in [9.17, 15) is 9.59 Å². The molecular weight excluding hydrogens is 220 g/mol. The van der Waals surface area contributed by atoms with Crippen molar-refractivity contribution in [2.24, 2.45) is 0 Å². The average molecular weight is 236 g/mol. The molecule has 0 aliphatic carbocycles. The van der Waals surface area contributed by atoms with Gasteiger partial charge in [0.1, 0.15) is 5.82 Å². The molecule has 17 heavy (non-hydrogen) atoms. The zero-order valence-electron chi connectivity index (χ0n) is 10.0. The van der Waals surface area contributed by atoms with Crippen LogP contribution in [0.15, 0.2) is 24.4 Å². The number of hydrogen-bond donors (Lipinski definition) is 0. The third kappa shape index (κ3) is 4.22. The number of carbonyl (C=O) groups is 2. The maximum absolute atomic E-state index is 11.7. The van der Waals surface area contributed by atoms with E-state index in [-0.39, 0.29) is 18.3 Å². The highest BCUT2D eigenvalue weighted by atomic mass is 16.5. The third-order valence-electron chi connectivity index (χ3n) is 2.37. The Kier molecular flexibility index (Phi) is 5.13. The zero-order chi connectivity index (χ0) is 12.7. The summed E-state index contributed by atoms with van der Waals surface area (Å²) in [6, 6.07) is 5.37. The number of amides is 1. The Balaban J connectivity index is 2.40. The predicted molar refractivity (Wildman–Crippen MR) is 63.5 cm³/mol. The summed E-state index contributed by atoms with van der Waals surface area (Å²) in [6.07, 6.45) is 2.69. The SMILES string of the molecule is COC(=O)CCCC(=O)N(C)c1ccccn1. The Labute approximate surface area is 100 Å². The van der Waals surface area contributed by atoms with E-state index in [0.717, 1.165) is 0 Å². The van der Waals surface area contributed by atoms with Crippen molar-refractivity contribution in [3.8, 4) is 0 Å². The van der Waals surface area contributed by atoms with Gasteiger partial charge in [0.15, 0.2) is 0 Å². The summed E-state index contributed by atoms with van der Waals surface area (Å²) in [4.78, 5) is 28.2. The highest BCUT2D eigenvalue weighted by molar-refractivity contribution is 5.91. The first kappa shape index (κ1) is 13.2. The second kappa shape index (κ2) is 6.62. The Morgan fingerprint density at radius 2 is 2.12 bits per heavy atom. The monoisotopic (exact) mass is 236 g/mol. The van der Waals surface area contributed by atoms with Crippen LogP contribution in [0, 0.1) is 0 Å². The van der Waals surface area contributed by atoms with Crippen molar-refractivity contribution in [3.63, 3.8) is 0 Å². The lowest BCUT2D eigenvalue weighted by atomic mass is 10.2. The lowest BCUT2D eigenvalue weighted by molar-refractivity contribution is -0.140. The van der Waals surface area contributed by atoms with Crippen LogP contribution in [0.25, 0.3) is 0 Å². The molecule has 0 aliphatic heterocycles. The first-order chi connectivity index (χ1) is 8.15. The summed E-state index contributed by atoms with van der Waals surface area (Å²) in [5.74, 6) is 0.251. The molecule has 92 valence electrons. The van der Waals surface area contributed by atoms with Crippen molar-refractivity contribution in [3.05, 3.63) is 24.4 Å². The van der Waals surface area contributed by atoms with Crippen LogP contribution in [0.4, 0.5) is 5.82 Å². The molecule has 0 aromatic carbocycles. The Morgan fingerprint density at radius 3 is 2.71 bits per heavy atom. The number of nitrogens with zero attached hydrogens (tertiary/aromatic N) is 2. The normalized spacial score (nSPS) is 9.76. The number of rotatable bonds is 5. The molecule has 0 bridgehead atoms. The second-order valence-corrected chi connectivity index (χ2v) is 3.57.